The molecule has 0 aliphatic carbocycles. The summed E-state index contributed by atoms with van der Waals surface area (Å²) in [5.74, 6) is 2.65. The van der Waals surface area contributed by atoms with Gasteiger partial charge in [-0.1, -0.05) is 32.6 Å². The molecular formula is C28H44N4O. The highest BCUT2D eigenvalue weighted by atomic mass is 16.2. The van der Waals surface area contributed by atoms with Gasteiger partial charge < -0.3 is 10.2 Å². The summed E-state index contributed by atoms with van der Waals surface area (Å²) < 4.78 is 0. The Kier molecular flexibility index (Phi) is 8.13. The van der Waals surface area contributed by atoms with Crippen LogP contribution in [0.5, 0.6) is 0 Å². The summed E-state index contributed by atoms with van der Waals surface area (Å²) in [5, 5.41) is 2.86. The Morgan fingerprint density at radius 2 is 1.64 bits per heavy atom. The number of hydrogen-bond donors (Lipinski definition) is 1. The van der Waals surface area contributed by atoms with Crippen LogP contribution in [0.15, 0.2) is 30.5 Å². The van der Waals surface area contributed by atoms with E-state index in [4.69, 9.17) is 0 Å². The maximum Gasteiger partial charge on any atom is 0.326 e. The minimum atomic E-state index is -0.0604. The second kappa shape index (κ2) is 11.1. The summed E-state index contributed by atoms with van der Waals surface area (Å²) >= 11 is 0. The van der Waals surface area contributed by atoms with E-state index in [1.165, 1.54) is 76.0 Å². The van der Waals surface area contributed by atoms with E-state index >= 15 is 0 Å². The molecule has 1 aromatic rings. The summed E-state index contributed by atoms with van der Waals surface area (Å²) in [7, 11) is 0. The minimum Gasteiger partial charge on any atom is -0.312 e. The van der Waals surface area contributed by atoms with Crippen LogP contribution in [0.1, 0.15) is 63.5 Å². The third kappa shape index (κ3) is 6.60. The number of aryl methyl sites for hydroxylation is 1. The van der Waals surface area contributed by atoms with Gasteiger partial charge in [-0.05, 0) is 100 Å². The van der Waals surface area contributed by atoms with Crippen molar-refractivity contribution in [3.8, 4) is 0 Å². The molecule has 5 heteroatoms. The fraction of sp³-hybridized carbons (Fsp3) is 0.679. The molecule has 1 aromatic carbocycles. The molecule has 0 spiro atoms. The van der Waals surface area contributed by atoms with E-state index in [-0.39, 0.29) is 6.03 Å². The monoisotopic (exact) mass is 452 g/mol. The van der Waals surface area contributed by atoms with Gasteiger partial charge in [-0.2, -0.15) is 0 Å². The zero-order valence-electron chi connectivity index (χ0n) is 21.1. The van der Waals surface area contributed by atoms with Crippen molar-refractivity contribution in [2.24, 2.45) is 17.8 Å². The predicted molar refractivity (Wildman–Crippen MR) is 137 cm³/mol. The van der Waals surface area contributed by atoms with Crippen LogP contribution in [0, 0.1) is 24.7 Å². The van der Waals surface area contributed by atoms with Crippen molar-refractivity contribution in [2.75, 3.05) is 44.2 Å². The predicted octanol–water partition coefficient (Wildman–Crippen LogP) is 5.40. The normalized spacial score (nSPS) is 22.2. The Morgan fingerprint density at radius 1 is 1.00 bits per heavy atom. The molecule has 3 heterocycles. The minimum absolute atomic E-state index is 0.0604. The van der Waals surface area contributed by atoms with Gasteiger partial charge in [0, 0.05) is 37.4 Å². The lowest BCUT2D eigenvalue weighted by atomic mass is 9.82. The highest BCUT2D eigenvalue weighted by molar-refractivity contribution is 5.94. The molecule has 0 radical (unpaired) electrons. The van der Waals surface area contributed by atoms with E-state index < -0.39 is 0 Å². The van der Waals surface area contributed by atoms with Crippen molar-refractivity contribution in [3.63, 3.8) is 0 Å². The lowest BCUT2D eigenvalue weighted by molar-refractivity contribution is 0.124. The first-order chi connectivity index (χ1) is 15.9. The first kappa shape index (κ1) is 24.3. The first-order valence-electron chi connectivity index (χ1n) is 13.2. The summed E-state index contributed by atoms with van der Waals surface area (Å²) in [6.07, 6.45) is 7.76. The van der Waals surface area contributed by atoms with Crippen molar-refractivity contribution in [1.29, 1.82) is 0 Å². The third-order valence-corrected chi connectivity index (χ3v) is 7.83. The van der Waals surface area contributed by atoms with Crippen molar-refractivity contribution in [1.82, 2.24) is 15.1 Å². The largest absolute Gasteiger partial charge is 0.326 e. The number of urea groups is 1. The number of carbonyl (C=O) groups excluding carboxylic acids is 1. The summed E-state index contributed by atoms with van der Waals surface area (Å²) in [6.45, 7) is 18.7. The molecular weight excluding hydrogens is 408 g/mol. The fourth-order valence-corrected chi connectivity index (χ4v) is 6.01. The Morgan fingerprint density at radius 3 is 2.21 bits per heavy atom. The highest BCUT2D eigenvalue weighted by Gasteiger charge is 2.26. The van der Waals surface area contributed by atoms with Gasteiger partial charge in [-0.25, -0.2) is 4.79 Å². The zero-order valence-corrected chi connectivity index (χ0v) is 21.1. The van der Waals surface area contributed by atoms with Crippen molar-refractivity contribution < 1.29 is 4.79 Å². The molecule has 0 aromatic heterocycles. The Balaban J connectivity index is 1.21. The number of piperidine rings is 2. The second-order valence-corrected chi connectivity index (χ2v) is 11.1. The second-order valence-electron chi connectivity index (χ2n) is 11.1. The van der Waals surface area contributed by atoms with Gasteiger partial charge in [0.1, 0.15) is 0 Å². The molecule has 0 unspecified atom stereocenters. The van der Waals surface area contributed by atoms with Crippen LogP contribution in [0.4, 0.5) is 10.5 Å². The number of amides is 2. The Bertz CT molecular complexity index is 819. The van der Waals surface area contributed by atoms with Gasteiger partial charge in [0.25, 0.3) is 0 Å². The van der Waals surface area contributed by atoms with Crippen LogP contribution in [0.2, 0.25) is 0 Å². The quantitative estimate of drug-likeness (QED) is 0.602. The third-order valence-electron chi connectivity index (χ3n) is 7.83. The number of nitrogens with one attached hydrogen (secondary N) is 1. The van der Waals surface area contributed by atoms with Gasteiger partial charge >= 0.3 is 6.03 Å². The smallest absolute Gasteiger partial charge is 0.312 e. The molecule has 33 heavy (non-hydrogen) atoms. The molecule has 4 rings (SSSR count). The van der Waals surface area contributed by atoms with E-state index in [1.807, 2.05) is 4.90 Å². The van der Waals surface area contributed by atoms with Gasteiger partial charge in [-0.15, -0.1) is 0 Å². The van der Waals surface area contributed by atoms with E-state index in [1.54, 1.807) is 0 Å². The Labute approximate surface area is 201 Å². The van der Waals surface area contributed by atoms with Crippen LogP contribution < -0.4 is 10.2 Å². The number of rotatable bonds is 7. The summed E-state index contributed by atoms with van der Waals surface area (Å²) in [6, 6.07) is 6.53. The van der Waals surface area contributed by atoms with Gasteiger partial charge in [0.2, 0.25) is 0 Å². The number of likely N-dealkylation sites (tertiary alicyclic amines) is 2. The molecule has 3 fully saturated rings. The SMILES string of the molecule is C=C1CCN(c2ccc(CN3CCC(CC4CCN(CC(C)C)CC4)CC3)cc2C)C(=O)N1. The van der Waals surface area contributed by atoms with E-state index in [0.717, 1.165) is 42.1 Å². The molecule has 0 atom stereocenters. The van der Waals surface area contributed by atoms with Crippen LogP contribution in [-0.2, 0) is 6.54 Å². The van der Waals surface area contributed by atoms with Gasteiger partial charge in [-0.3, -0.25) is 9.80 Å². The average Bonchev–Trinajstić information content (AvgIpc) is 2.77. The molecule has 2 amide bonds. The van der Waals surface area contributed by atoms with E-state index in [2.05, 4.69) is 60.7 Å². The average molecular weight is 453 g/mol. The fourth-order valence-electron chi connectivity index (χ4n) is 6.01. The van der Waals surface area contributed by atoms with E-state index in [0.29, 0.717) is 6.54 Å². The molecule has 1 N–H and O–H groups in total. The molecule has 3 saturated heterocycles. The van der Waals surface area contributed by atoms with Crippen molar-refractivity contribution in [2.45, 2.75) is 65.8 Å². The summed E-state index contributed by atoms with van der Waals surface area (Å²) in [5.41, 5.74) is 4.36. The molecule has 5 nitrogen and oxygen atoms in total. The maximum absolute atomic E-state index is 12.3. The lowest BCUT2D eigenvalue weighted by Gasteiger charge is -2.37. The van der Waals surface area contributed by atoms with Gasteiger partial charge in [0.15, 0.2) is 0 Å². The zero-order chi connectivity index (χ0) is 23.4. The molecule has 3 aliphatic heterocycles. The van der Waals surface area contributed by atoms with Crippen LogP contribution in [-0.4, -0.2) is 55.1 Å². The number of carbonyl (C=O) groups is 1. The van der Waals surface area contributed by atoms with Crippen LogP contribution >= 0.6 is 0 Å². The van der Waals surface area contributed by atoms with Crippen LogP contribution in [0.25, 0.3) is 0 Å². The van der Waals surface area contributed by atoms with Crippen molar-refractivity contribution >= 4 is 11.7 Å². The van der Waals surface area contributed by atoms with Crippen molar-refractivity contribution in [3.05, 3.63) is 41.6 Å². The lowest BCUT2D eigenvalue weighted by Crippen LogP contribution is -2.45. The molecule has 182 valence electrons. The standard InChI is InChI=1S/C28H44N4O/c1-21(2)19-30-12-8-24(9-13-30)18-25-10-14-31(15-11-25)20-26-5-6-27(22(3)17-26)32-16-7-23(4)29-28(32)33/h5-6,17,21,24-25H,4,7-16,18-20H2,1-3H3,(H,29,33). The number of benzene rings is 1. The maximum atomic E-state index is 12.3. The van der Waals surface area contributed by atoms with E-state index in [9.17, 15) is 4.79 Å². The Hall–Kier alpha value is -1.85. The molecule has 0 bridgehead atoms. The highest BCUT2D eigenvalue weighted by Crippen LogP contribution is 2.31. The topological polar surface area (TPSA) is 38.8 Å². The first-order valence-corrected chi connectivity index (χ1v) is 13.2. The number of anilines is 1. The summed E-state index contributed by atoms with van der Waals surface area (Å²) in [4.78, 5) is 19.5. The van der Waals surface area contributed by atoms with Gasteiger partial charge in [0.05, 0.1) is 0 Å². The molecule has 0 saturated carbocycles. The number of nitrogens with zero attached hydrogens (tertiary/aromatic N) is 3. The van der Waals surface area contributed by atoms with Crippen LogP contribution in [0.3, 0.4) is 0 Å². The number of hydrogen-bond acceptors (Lipinski definition) is 3. The molecule has 3 aliphatic rings.